The highest BCUT2D eigenvalue weighted by atomic mass is 16.9. The van der Waals surface area contributed by atoms with Crippen molar-refractivity contribution in [3.63, 3.8) is 0 Å². The van der Waals surface area contributed by atoms with Crippen molar-refractivity contribution in [2.75, 3.05) is 19.8 Å². The van der Waals surface area contributed by atoms with Crippen LogP contribution < -0.4 is 0 Å². The number of hydrogen-bond acceptors (Lipinski definition) is 3. The van der Waals surface area contributed by atoms with E-state index in [4.69, 9.17) is 14.2 Å². The molecule has 0 aromatic heterocycles. The lowest BCUT2D eigenvalue weighted by molar-refractivity contribution is -0.461. The second-order valence-corrected chi connectivity index (χ2v) is 3.47. The van der Waals surface area contributed by atoms with Gasteiger partial charge in [0.05, 0.1) is 25.2 Å². The molecule has 3 heterocycles. The van der Waals surface area contributed by atoms with Gasteiger partial charge in [0.2, 0.25) is 0 Å². The molecule has 0 unspecified atom stereocenters. The molecule has 3 fully saturated rings. The van der Waals surface area contributed by atoms with Gasteiger partial charge in [0.15, 0.2) is 0 Å². The first kappa shape index (κ1) is 8.23. The SMILES string of the molecule is C=CC12COC(CC)(OC1)OC2. The summed E-state index contributed by atoms with van der Waals surface area (Å²) in [5.74, 6) is -0.745. The molecule has 0 aromatic rings. The Morgan fingerprint density at radius 2 is 1.75 bits per heavy atom. The van der Waals surface area contributed by atoms with E-state index < -0.39 is 5.97 Å². The summed E-state index contributed by atoms with van der Waals surface area (Å²) in [5, 5.41) is 0. The summed E-state index contributed by atoms with van der Waals surface area (Å²) in [6.07, 6.45) is 2.60. The third kappa shape index (κ3) is 1.01. The number of fused-ring (bicyclic) bond motifs is 3. The molecule has 12 heavy (non-hydrogen) atoms. The van der Waals surface area contributed by atoms with Gasteiger partial charge >= 0.3 is 0 Å². The molecular weight excluding hydrogens is 156 g/mol. The first-order valence-electron chi connectivity index (χ1n) is 4.30. The predicted molar refractivity (Wildman–Crippen MR) is 43.5 cm³/mol. The number of ether oxygens (including phenoxy) is 3. The van der Waals surface area contributed by atoms with Gasteiger partial charge in [0.25, 0.3) is 5.97 Å². The molecule has 3 heteroatoms. The van der Waals surface area contributed by atoms with E-state index in [1.54, 1.807) is 0 Å². The van der Waals surface area contributed by atoms with E-state index in [1.165, 1.54) is 0 Å². The van der Waals surface area contributed by atoms with Gasteiger partial charge in [-0.2, -0.15) is 0 Å². The Hall–Kier alpha value is -0.380. The minimum absolute atomic E-state index is 0.100. The maximum Gasteiger partial charge on any atom is 0.282 e. The first-order chi connectivity index (χ1) is 5.74. The Morgan fingerprint density at radius 3 is 2.08 bits per heavy atom. The lowest BCUT2D eigenvalue weighted by atomic mass is 9.89. The average Bonchev–Trinajstić information content (AvgIpc) is 2.21. The van der Waals surface area contributed by atoms with Crippen LogP contribution in [-0.2, 0) is 14.2 Å². The molecule has 0 N–H and O–H groups in total. The van der Waals surface area contributed by atoms with Crippen molar-refractivity contribution in [1.82, 2.24) is 0 Å². The molecule has 68 valence electrons. The fourth-order valence-corrected chi connectivity index (χ4v) is 1.49. The van der Waals surface area contributed by atoms with E-state index in [1.807, 2.05) is 13.0 Å². The zero-order valence-electron chi connectivity index (χ0n) is 7.34. The Bertz CT molecular complexity index is 175. The van der Waals surface area contributed by atoms with Crippen LogP contribution in [0.15, 0.2) is 12.7 Å². The van der Waals surface area contributed by atoms with Crippen molar-refractivity contribution in [3.8, 4) is 0 Å². The average molecular weight is 170 g/mol. The quantitative estimate of drug-likeness (QED) is 0.585. The van der Waals surface area contributed by atoms with E-state index in [0.29, 0.717) is 19.8 Å². The third-order valence-electron chi connectivity index (χ3n) is 2.60. The highest BCUT2D eigenvalue weighted by molar-refractivity contribution is 5.00. The summed E-state index contributed by atoms with van der Waals surface area (Å²) in [6.45, 7) is 7.77. The monoisotopic (exact) mass is 170 g/mol. The van der Waals surface area contributed by atoms with Crippen LogP contribution in [0.1, 0.15) is 13.3 Å². The van der Waals surface area contributed by atoms with Crippen molar-refractivity contribution in [2.45, 2.75) is 19.3 Å². The fraction of sp³-hybridized carbons (Fsp3) is 0.778. The summed E-state index contributed by atoms with van der Waals surface area (Å²) >= 11 is 0. The van der Waals surface area contributed by atoms with Gasteiger partial charge in [0, 0.05) is 6.42 Å². The summed E-state index contributed by atoms with van der Waals surface area (Å²) in [4.78, 5) is 0. The van der Waals surface area contributed by atoms with Gasteiger partial charge in [-0.15, -0.1) is 6.58 Å². The molecule has 3 nitrogen and oxygen atoms in total. The van der Waals surface area contributed by atoms with Crippen LogP contribution in [0.4, 0.5) is 0 Å². The van der Waals surface area contributed by atoms with Crippen LogP contribution in [-0.4, -0.2) is 25.8 Å². The Morgan fingerprint density at radius 1 is 1.25 bits per heavy atom. The molecule has 0 aliphatic carbocycles. The molecule has 0 atom stereocenters. The van der Waals surface area contributed by atoms with Crippen LogP contribution in [0.2, 0.25) is 0 Å². The molecule has 3 rings (SSSR count). The molecule has 3 saturated heterocycles. The predicted octanol–water partition coefficient (Wildman–Crippen LogP) is 1.30. The minimum Gasteiger partial charge on any atom is -0.326 e. The topological polar surface area (TPSA) is 27.7 Å². The molecule has 0 radical (unpaired) electrons. The minimum atomic E-state index is -0.745. The van der Waals surface area contributed by atoms with Gasteiger partial charge in [-0.1, -0.05) is 13.0 Å². The molecule has 2 bridgehead atoms. The van der Waals surface area contributed by atoms with E-state index in [0.717, 1.165) is 6.42 Å². The van der Waals surface area contributed by atoms with Crippen molar-refractivity contribution in [1.29, 1.82) is 0 Å². The summed E-state index contributed by atoms with van der Waals surface area (Å²) < 4.78 is 16.5. The van der Waals surface area contributed by atoms with Crippen molar-refractivity contribution < 1.29 is 14.2 Å². The lowest BCUT2D eigenvalue weighted by Gasteiger charge is -2.50. The zero-order chi connectivity index (χ0) is 8.66. The summed E-state index contributed by atoms with van der Waals surface area (Å²) in [6, 6.07) is 0. The van der Waals surface area contributed by atoms with Gasteiger partial charge < -0.3 is 14.2 Å². The second kappa shape index (κ2) is 2.55. The van der Waals surface area contributed by atoms with Crippen molar-refractivity contribution in [3.05, 3.63) is 12.7 Å². The molecule has 0 saturated carbocycles. The van der Waals surface area contributed by atoms with Crippen molar-refractivity contribution in [2.24, 2.45) is 5.41 Å². The molecule has 0 amide bonds. The third-order valence-corrected chi connectivity index (χ3v) is 2.60. The second-order valence-electron chi connectivity index (χ2n) is 3.47. The highest BCUT2D eigenvalue weighted by Gasteiger charge is 2.50. The van der Waals surface area contributed by atoms with Crippen LogP contribution >= 0.6 is 0 Å². The lowest BCUT2D eigenvalue weighted by Crippen LogP contribution is -2.58. The van der Waals surface area contributed by atoms with Crippen molar-refractivity contribution >= 4 is 0 Å². The largest absolute Gasteiger partial charge is 0.326 e. The fourth-order valence-electron chi connectivity index (χ4n) is 1.49. The number of rotatable bonds is 2. The van der Waals surface area contributed by atoms with E-state index in [-0.39, 0.29) is 5.41 Å². The Labute approximate surface area is 72.3 Å². The smallest absolute Gasteiger partial charge is 0.282 e. The molecule has 3 aliphatic rings. The maximum absolute atomic E-state index is 5.49. The molecular formula is C9H14O3. The van der Waals surface area contributed by atoms with Gasteiger partial charge in [-0.05, 0) is 0 Å². The van der Waals surface area contributed by atoms with Crippen LogP contribution in [0.3, 0.4) is 0 Å². The number of hydrogen-bond donors (Lipinski definition) is 0. The summed E-state index contributed by atoms with van der Waals surface area (Å²) in [7, 11) is 0. The standard InChI is InChI=1S/C9H14O3/c1-3-8-5-10-9(4-2,11-6-8)12-7-8/h3H,1,4-7H2,2H3. The van der Waals surface area contributed by atoms with E-state index >= 15 is 0 Å². The van der Waals surface area contributed by atoms with Gasteiger partial charge in [0.1, 0.15) is 0 Å². The zero-order valence-corrected chi connectivity index (χ0v) is 7.34. The van der Waals surface area contributed by atoms with Crippen LogP contribution in [0.5, 0.6) is 0 Å². The van der Waals surface area contributed by atoms with Crippen LogP contribution in [0.25, 0.3) is 0 Å². The van der Waals surface area contributed by atoms with Gasteiger partial charge in [-0.3, -0.25) is 0 Å². The van der Waals surface area contributed by atoms with Crippen LogP contribution in [0, 0.1) is 5.41 Å². The Kier molecular flexibility index (Phi) is 1.75. The van der Waals surface area contributed by atoms with E-state index in [2.05, 4.69) is 6.58 Å². The highest BCUT2D eigenvalue weighted by Crippen LogP contribution is 2.40. The van der Waals surface area contributed by atoms with Gasteiger partial charge in [-0.25, -0.2) is 0 Å². The normalized spacial score (nSPS) is 46.1. The summed E-state index contributed by atoms with van der Waals surface area (Å²) in [5.41, 5.74) is -0.100. The molecule has 3 aliphatic heterocycles. The molecule has 0 aromatic carbocycles. The van der Waals surface area contributed by atoms with E-state index in [9.17, 15) is 0 Å². The Balaban J connectivity index is 2.14. The first-order valence-corrected chi connectivity index (χ1v) is 4.30. The molecule has 0 spiro atoms. The maximum atomic E-state index is 5.49.